The Morgan fingerprint density at radius 2 is 1.73 bits per heavy atom. The molecule has 4 nitrogen and oxygen atoms in total. The molecule has 0 unspecified atom stereocenters. The minimum Gasteiger partial charge on any atom is -0.436 e. The lowest BCUT2D eigenvalue weighted by atomic mass is 10.1. The third-order valence-corrected chi connectivity index (χ3v) is 4.44. The first-order valence-electron chi connectivity index (χ1n) is 8.45. The Morgan fingerprint density at radius 1 is 0.923 bits per heavy atom. The Kier molecular flexibility index (Phi) is 4.01. The summed E-state index contributed by atoms with van der Waals surface area (Å²) in [6.45, 7) is 4.03. The van der Waals surface area contributed by atoms with E-state index in [-0.39, 0.29) is 5.91 Å². The second kappa shape index (κ2) is 6.48. The highest BCUT2D eigenvalue weighted by Crippen LogP contribution is 2.26. The molecule has 0 aliphatic heterocycles. The van der Waals surface area contributed by atoms with Crippen LogP contribution in [0.25, 0.3) is 22.6 Å². The molecule has 0 aliphatic rings. The summed E-state index contributed by atoms with van der Waals surface area (Å²) in [5.74, 6) is 0.428. The van der Waals surface area contributed by atoms with Crippen LogP contribution in [0.5, 0.6) is 0 Å². The first kappa shape index (κ1) is 16.1. The molecule has 0 saturated heterocycles. The van der Waals surface area contributed by atoms with E-state index in [2.05, 4.69) is 10.3 Å². The van der Waals surface area contributed by atoms with Crippen molar-refractivity contribution in [2.75, 3.05) is 5.32 Å². The van der Waals surface area contributed by atoms with Crippen LogP contribution >= 0.6 is 0 Å². The number of fused-ring (bicyclic) bond motifs is 1. The zero-order valence-electron chi connectivity index (χ0n) is 14.6. The minimum absolute atomic E-state index is 0.140. The number of anilines is 1. The molecule has 0 radical (unpaired) electrons. The van der Waals surface area contributed by atoms with Gasteiger partial charge in [0.05, 0.1) is 0 Å². The summed E-state index contributed by atoms with van der Waals surface area (Å²) in [5.41, 5.74) is 5.90. The molecule has 4 aromatic rings. The lowest BCUT2D eigenvalue weighted by molar-refractivity contribution is 0.102. The van der Waals surface area contributed by atoms with E-state index in [1.807, 2.05) is 80.6 Å². The highest BCUT2D eigenvalue weighted by Gasteiger charge is 2.11. The Morgan fingerprint density at radius 3 is 2.50 bits per heavy atom. The van der Waals surface area contributed by atoms with Crippen molar-refractivity contribution in [1.82, 2.24) is 4.98 Å². The van der Waals surface area contributed by atoms with E-state index in [4.69, 9.17) is 4.42 Å². The summed E-state index contributed by atoms with van der Waals surface area (Å²) in [7, 11) is 0. The molecule has 0 bridgehead atoms. The minimum atomic E-state index is -0.140. The van der Waals surface area contributed by atoms with Crippen LogP contribution in [0.15, 0.2) is 71.1 Å². The zero-order valence-corrected chi connectivity index (χ0v) is 14.6. The molecule has 128 valence electrons. The van der Waals surface area contributed by atoms with Crippen LogP contribution in [0, 0.1) is 13.8 Å². The van der Waals surface area contributed by atoms with Gasteiger partial charge in [0.1, 0.15) is 5.52 Å². The van der Waals surface area contributed by atoms with Crippen LogP contribution in [0.2, 0.25) is 0 Å². The number of hydrogen-bond donors (Lipinski definition) is 1. The normalized spacial score (nSPS) is 10.8. The Bertz CT molecular complexity index is 1100. The number of benzene rings is 3. The molecule has 0 spiro atoms. The van der Waals surface area contributed by atoms with Gasteiger partial charge < -0.3 is 9.73 Å². The summed E-state index contributed by atoms with van der Waals surface area (Å²) in [5, 5.41) is 2.93. The smallest absolute Gasteiger partial charge is 0.255 e. The van der Waals surface area contributed by atoms with Crippen LogP contribution in [0.1, 0.15) is 21.5 Å². The van der Waals surface area contributed by atoms with E-state index in [1.54, 1.807) is 0 Å². The van der Waals surface area contributed by atoms with E-state index < -0.39 is 0 Å². The highest BCUT2D eigenvalue weighted by atomic mass is 16.3. The molecule has 0 saturated carbocycles. The fourth-order valence-corrected chi connectivity index (χ4v) is 2.80. The molecule has 1 aromatic heterocycles. The van der Waals surface area contributed by atoms with Gasteiger partial charge in [-0.25, -0.2) is 4.98 Å². The SMILES string of the molecule is Cc1ccc(C(=O)Nc2ccc3oc(-c4ccccc4)nc3c2)cc1C. The molecule has 3 aromatic carbocycles. The summed E-state index contributed by atoms with van der Waals surface area (Å²) in [4.78, 5) is 17.0. The van der Waals surface area contributed by atoms with Crippen LogP contribution < -0.4 is 5.32 Å². The van der Waals surface area contributed by atoms with Gasteiger partial charge in [-0.1, -0.05) is 24.3 Å². The number of nitrogens with one attached hydrogen (secondary N) is 1. The molecule has 0 fully saturated rings. The highest BCUT2D eigenvalue weighted by molar-refractivity contribution is 6.05. The number of nitrogens with zero attached hydrogens (tertiary/aromatic N) is 1. The fraction of sp³-hybridized carbons (Fsp3) is 0.0909. The molecule has 4 rings (SSSR count). The van der Waals surface area contributed by atoms with Gasteiger partial charge >= 0.3 is 0 Å². The van der Waals surface area contributed by atoms with E-state index in [0.717, 1.165) is 11.1 Å². The first-order chi connectivity index (χ1) is 12.6. The largest absolute Gasteiger partial charge is 0.436 e. The van der Waals surface area contributed by atoms with Crippen molar-refractivity contribution in [2.24, 2.45) is 0 Å². The van der Waals surface area contributed by atoms with Crippen molar-refractivity contribution in [3.63, 3.8) is 0 Å². The fourth-order valence-electron chi connectivity index (χ4n) is 2.80. The van der Waals surface area contributed by atoms with Crippen molar-refractivity contribution >= 4 is 22.7 Å². The number of carbonyl (C=O) groups excluding carboxylic acids is 1. The van der Waals surface area contributed by atoms with Gasteiger partial charge in [0.15, 0.2) is 5.58 Å². The Hall–Kier alpha value is -3.40. The number of hydrogen-bond acceptors (Lipinski definition) is 3. The van der Waals surface area contributed by atoms with Crippen LogP contribution in [0.4, 0.5) is 5.69 Å². The van der Waals surface area contributed by atoms with Gasteiger partial charge in [0, 0.05) is 16.8 Å². The maximum atomic E-state index is 12.5. The lowest BCUT2D eigenvalue weighted by Gasteiger charge is -2.07. The standard InChI is InChI=1S/C22H18N2O2/c1-14-8-9-17(12-15(14)2)21(25)23-18-10-11-20-19(13-18)24-22(26-20)16-6-4-3-5-7-16/h3-13H,1-2H3,(H,23,25). The van der Waals surface area contributed by atoms with Gasteiger partial charge in [0.2, 0.25) is 5.89 Å². The topological polar surface area (TPSA) is 55.1 Å². The van der Waals surface area contributed by atoms with Gasteiger partial charge in [0.25, 0.3) is 5.91 Å². The maximum absolute atomic E-state index is 12.5. The summed E-state index contributed by atoms with van der Waals surface area (Å²) in [6.07, 6.45) is 0. The third kappa shape index (κ3) is 3.09. The molecular weight excluding hydrogens is 324 g/mol. The third-order valence-electron chi connectivity index (χ3n) is 4.44. The second-order valence-corrected chi connectivity index (χ2v) is 6.32. The number of aryl methyl sites for hydroxylation is 2. The van der Waals surface area contributed by atoms with Crippen LogP contribution in [0.3, 0.4) is 0 Å². The van der Waals surface area contributed by atoms with Crippen LogP contribution in [-0.4, -0.2) is 10.9 Å². The van der Waals surface area contributed by atoms with Crippen molar-refractivity contribution in [3.05, 3.63) is 83.4 Å². The molecular formula is C22H18N2O2. The molecule has 0 aliphatic carbocycles. The predicted octanol–water partition coefficient (Wildman–Crippen LogP) is 5.36. The average molecular weight is 342 g/mol. The lowest BCUT2D eigenvalue weighted by Crippen LogP contribution is -2.12. The molecule has 1 N–H and O–H groups in total. The molecule has 26 heavy (non-hydrogen) atoms. The van der Waals surface area contributed by atoms with Crippen LogP contribution in [-0.2, 0) is 0 Å². The van der Waals surface area contributed by atoms with Crippen molar-refractivity contribution in [3.8, 4) is 11.5 Å². The molecule has 1 heterocycles. The average Bonchev–Trinajstić information content (AvgIpc) is 3.08. The number of aromatic nitrogens is 1. The Labute approximate surface area is 151 Å². The number of oxazole rings is 1. The quantitative estimate of drug-likeness (QED) is 0.545. The predicted molar refractivity (Wildman–Crippen MR) is 103 cm³/mol. The van der Waals surface area contributed by atoms with Crippen molar-refractivity contribution in [2.45, 2.75) is 13.8 Å². The maximum Gasteiger partial charge on any atom is 0.255 e. The van der Waals surface area contributed by atoms with Gasteiger partial charge in [-0.05, 0) is 67.4 Å². The summed E-state index contributed by atoms with van der Waals surface area (Å²) < 4.78 is 5.80. The zero-order chi connectivity index (χ0) is 18.1. The second-order valence-electron chi connectivity index (χ2n) is 6.32. The monoisotopic (exact) mass is 342 g/mol. The van der Waals surface area contributed by atoms with Gasteiger partial charge in [-0.15, -0.1) is 0 Å². The molecule has 1 amide bonds. The van der Waals surface area contributed by atoms with E-state index in [1.165, 1.54) is 5.56 Å². The molecule has 4 heteroatoms. The van der Waals surface area contributed by atoms with E-state index in [9.17, 15) is 4.79 Å². The number of rotatable bonds is 3. The van der Waals surface area contributed by atoms with E-state index in [0.29, 0.717) is 28.2 Å². The van der Waals surface area contributed by atoms with Crippen molar-refractivity contribution < 1.29 is 9.21 Å². The number of amides is 1. The van der Waals surface area contributed by atoms with Gasteiger partial charge in [-0.2, -0.15) is 0 Å². The summed E-state index contributed by atoms with van der Waals surface area (Å²) in [6, 6.07) is 20.9. The van der Waals surface area contributed by atoms with Crippen molar-refractivity contribution in [1.29, 1.82) is 0 Å². The number of carbonyl (C=O) groups is 1. The molecule has 0 atom stereocenters. The first-order valence-corrected chi connectivity index (χ1v) is 8.45. The van der Waals surface area contributed by atoms with E-state index >= 15 is 0 Å². The summed E-state index contributed by atoms with van der Waals surface area (Å²) >= 11 is 0. The Balaban J connectivity index is 1.61. The van der Waals surface area contributed by atoms with Gasteiger partial charge in [-0.3, -0.25) is 4.79 Å².